The number of hydrogen-bond donors (Lipinski definition) is 1. The first-order valence-electron chi connectivity index (χ1n) is 5.96. The molecule has 2 nitrogen and oxygen atoms in total. The van der Waals surface area contributed by atoms with E-state index in [0.717, 1.165) is 31.6 Å². The minimum Gasteiger partial charge on any atom is -0.456 e. The van der Waals surface area contributed by atoms with Crippen molar-refractivity contribution in [1.82, 2.24) is 0 Å². The van der Waals surface area contributed by atoms with E-state index in [4.69, 9.17) is 10.5 Å². The summed E-state index contributed by atoms with van der Waals surface area (Å²) in [5.74, 6) is 1.60. The van der Waals surface area contributed by atoms with Gasteiger partial charge in [0.1, 0.15) is 11.5 Å². The molecule has 0 amide bonds. The van der Waals surface area contributed by atoms with Crippen molar-refractivity contribution >= 4 is 31.9 Å². The molecule has 0 aliphatic carbocycles. The van der Waals surface area contributed by atoms with Crippen LogP contribution in [-0.2, 0) is 0 Å². The van der Waals surface area contributed by atoms with Crippen molar-refractivity contribution in [3.8, 4) is 11.5 Å². The fourth-order valence-electron chi connectivity index (χ4n) is 1.69. The van der Waals surface area contributed by atoms with Crippen LogP contribution in [0.15, 0.2) is 45.3 Å². The summed E-state index contributed by atoms with van der Waals surface area (Å²) in [6.07, 6.45) is 0. The summed E-state index contributed by atoms with van der Waals surface area (Å²) in [4.78, 5) is 0. The van der Waals surface area contributed by atoms with Gasteiger partial charge in [0.05, 0.1) is 4.47 Å². The molecule has 4 heteroatoms. The van der Waals surface area contributed by atoms with Crippen molar-refractivity contribution in [3.63, 3.8) is 0 Å². The third kappa shape index (κ3) is 3.59. The molecule has 0 unspecified atom stereocenters. The van der Waals surface area contributed by atoms with E-state index in [1.54, 1.807) is 0 Å². The monoisotopic (exact) mass is 383 g/mol. The first-order chi connectivity index (χ1) is 8.97. The predicted octanol–water partition coefficient (Wildman–Crippen LogP) is 5.33. The Morgan fingerprint density at radius 1 is 1.05 bits per heavy atom. The van der Waals surface area contributed by atoms with Gasteiger partial charge in [0, 0.05) is 10.5 Å². The van der Waals surface area contributed by atoms with E-state index in [1.807, 2.05) is 50.2 Å². The van der Waals surface area contributed by atoms with Crippen LogP contribution in [0, 0.1) is 6.92 Å². The molecule has 0 saturated heterocycles. The van der Waals surface area contributed by atoms with Gasteiger partial charge in [-0.2, -0.15) is 0 Å². The van der Waals surface area contributed by atoms with E-state index in [0.29, 0.717) is 0 Å². The van der Waals surface area contributed by atoms with Crippen molar-refractivity contribution in [2.75, 3.05) is 0 Å². The van der Waals surface area contributed by atoms with Gasteiger partial charge in [0.2, 0.25) is 0 Å². The molecule has 19 heavy (non-hydrogen) atoms. The van der Waals surface area contributed by atoms with E-state index in [-0.39, 0.29) is 6.04 Å². The third-order valence-corrected chi connectivity index (χ3v) is 4.35. The lowest BCUT2D eigenvalue weighted by atomic mass is 10.1. The van der Waals surface area contributed by atoms with Crippen LogP contribution < -0.4 is 10.5 Å². The number of aryl methyl sites for hydroxylation is 1. The highest BCUT2D eigenvalue weighted by Crippen LogP contribution is 2.32. The van der Waals surface area contributed by atoms with E-state index < -0.39 is 0 Å². The number of halogens is 2. The van der Waals surface area contributed by atoms with Gasteiger partial charge in [-0.3, -0.25) is 0 Å². The summed E-state index contributed by atoms with van der Waals surface area (Å²) in [6, 6.07) is 11.8. The molecule has 2 N–H and O–H groups in total. The van der Waals surface area contributed by atoms with Gasteiger partial charge < -0.3 is 10.5 Å². The highest BCUT2D eigenvalue weighted by atomic mass is 79.9. The van der Waals surface area contributed by atoms with Crippen LogP contribution >= 0.6 is 31.9 Å². The van der Waals surface area contributed by atoms with Gasteiger partial charge in [-0.1, -0.05) is 22.0 Å². The highest BCUT2D eigenvalue weighted by Gasteiger charge is 2.07. The Hall–Kier alpha value is -0.840. The minimum absolute atomic E-state index is 0.0141. The number of rotatable bonds is 3. The average Bonchev–Trinajstić information content (AvgIpc) is 2.36. The fourth-order valence-corrected chi connectivity index (χ4v) is 2.41. The summed E-state index contributed by atoms with van der Waals surface area (Å²) in [7, 11) is 0. The largest absolute Gasteiger partial charge is 0.456 e. The van der Waals surface area contributed by atoms with E-state index in [2.05, 4.69) is 31.9 Å². The maximum atomic E-state index is 5.87. The van der Waals surface area contributed by atoms with E-state index in [1.165, 1.54) is 0 Å². The Morgan fingerprint density at radius 3 is 2.37 bits per heavy atom. The second-order valence-electron chi connectivity index (χ2n) is 4.49. The van der Waals surface area contributed by atoms with Crippen molar-refractivity contribution in [3.05, 3.63) is 56.5 Å². The lowest BCUT2D eigenvalue weighted by Crippen LogP contribution is -2.04. The van der Waals surface area contributed by atoms with Crippen LogP contribution in [0.3, 0.4) is 0 Å². The number of nitrogens with two attached hydrogens (primary N) is 1. The molecular formula is C15H15Br2NO. The zero-order valence-electron chi connectivity index (χ0n) is 10.8. The molecule has 2 aromatic carbocycles. The van der Waals surface area contributed by atoms with Gasteiger partial charge in [-0.15, -0.1) is 0 Å². The van der Waals surface area contributed by atoms with Gasteiger partial charge in [0.15, 0.2) is 0 Å². The third-order valence-electron chi connectivity index (χ3n) is 2.84. The predicted molar refractivity (Wildman–Crippen MR) is 85.7 cm³/mol. The smallest absolute Gasteiger partial charge is 0.141 e. The molecule has 0 fully saturated rings. The standard InChI is InChI=1S/C15H15Br2NO/c1-9-7-12(4-5-13(9)16)19-15-6-3-11(10(2)18)8-14(15)17/h3-8,10H,18H2,1-2H3/t10-/m0/s1. The number of ether oxygens (including phenoxy) is 1. The van der Waals surface area contributed by atoms with Crippen molar-refractivity contribution < 1.29 is 4.74 Å². The molecule has 0 bridgehead atoms. The Kier molecular flexibility index (Phi) is 4.66. The molecule has 0 spiro atoms. The quantitative estimate of drug-likeness (QED) is 0.775. The molecule has 100 valence electrons. The molecular weight excluding hydrogens is 370 g/mol. The van der Waals surface area contributed by atoms with Gasteiger partial charge in [-0.25, -0.2) is 0 Å². The Bertz CT molecular complexity index is 597. The summed E-state index contributed by atoms with van der Waals surface area (Å²) in [5.41, 5.74) is 8.07. The van der Waals surface area contributed by atoms with E-state index in [9.17, 15) is 0 Å². The van der Waals surface area contributed by atoms with Gasteiger partial charge in [0.25, 0.3) is 0 Å². The summed E-state index contributed by atoms with van der Waals surface area (Å²) in [6.45, 7) is 3.99. The molecule has 2 aromatic rings. The highest BCUT2D eigenvalue weighted by molar-refractivity contribution is 9.10. The lowest BCUT2D eigenvalue weighted by molar-refractivity contribution is 0.478. The average molecular weight is 385 g/mol. The fraction of sp³-hybridized carbons (Fsp3) is 0.200. The van der Waals surface area contributed by atoms with Crippen LogP contribution in [0.2, 0.25) is 0 Å². The molecule has 0 saturated carbocycles. The first-order valence-corrected chi connectivity index (χ1v) is 7.55. The zero-order valence-corrected chi connectivity index (χ0v) is 14.0. The second kappa shape index (κ2) is 6.07. The van der Waals surface area contributed by atoms with Crippen molar-refractivity contribution in [2.45, 2.75) is 19.9 Å². The lowest BCUT2D eigenvalue weighted by Gasteiger charge is -2.12. The van der Waals surface area contributed by atoms with Crippen LogP contribution in [0.5, 0.6) is 11.5 Å². The topological polar surface area (TPSA) is 35.2 Å². The maximum Gasteiger partial charge on any atom is 0.141 e. The van der Waals surface area contributed by atoms with Crippen LogP contribution in [0.4, 0.5) is 0 Å². The Morgan fingerprint density at radius 2 is 1.79 bits per heavy atom. The molecule has 0 aliphatic rings. The van der Waals surface area contributed by atoms with E-state index >= 15 is 0 Å². The number of benzene rings is 2. The van der Waals surface area contributed by atoms with Gasteiger partial charge in [-0.05, 0) is 71.2 Å². The minimum atomic E-state index is 0.0141. The Balaban J connectivity index is 2.25. The molecule has 1 atom stereocenters. The summed E-state index contributed by atoms with van der Waals surface area (Å²) >= 11 is 6.99. The van der Waals surface area contributed by atoms with Crippen LogP contribution in [0.1, 0.15) is 24.1 Å². The summed E-state index contributed by atoms with van der Waals surface area (Å²) in [5, 5.41) is 0. The second-order valence-corrected chi connectivity index (χ2v) is 6.20. The van der Waals surface area contributed by atoms with Crippen molar-refractivity contribution in [1.29, 1.82) is 0 Å². The first kappa shape index (κ1) is 14.6. The zero-order chi connectivity index (χ0) is 14.0. The van der Waals surface area contributed by atoms with Gasteiger partial charge >= 0.3 is 0 Å². The van der Waals surface area contributed by atoms with Crippen molar-refractivity contribution in [2.24, 2.45) is 5.73 Å². The molecule has 0 aromatic heterocycles. The van der Waals surface area contributed by atoms with Crippen LogP contribution in [0.25, 0.3) is 0 Å². The molecule has 0 aliphatic heterocycles. The Labute approximate surface area is 130 Å². The molecule has 0 heterocycles. The molecule has 2 rings (SSSR count). The maximum absolute atomic E-state index is 5.87. The normalized spacial score (nSPS) is 12.3. The molecule has 0 radical (unpaired) electrons. The summed E-state index contributed by atoms with van der Waals surface area (Å²) < 4.78 is 7.85. The SMILES string of the molecule is Cc1cc(Oc2ccc([C@H](C)N)cc2Br)ccc1Br. The number of hydrogen-bond acceptors (Lipinski definition) is 2. The van der Waals surface area contributed by atoms with Crippen LogP contribution in [-0.4, -0.2) is 0 Å².